The summed E-state index contributed by atoms with van der Waals surface area (Å²) in [5.74, 6) is 0. The van der Waals surface area contributed by atoms with Gasteiger partial charge in [0.05, 0.1) is 1.28 Å². The van der Waals surface area contributed by atoms with Gasteiger partial charge in [-0.3, -0.25) is 0 Å². The van der Waals surface area contributed by atoms with Gasteiger partial charge in [-0.1, -0.05) is 27.2 Å². The van der Waals surface area contributed by atoms with Crippen LogP contribution in [0.3, 0.4) is 0 Å². The van der Waals surface area contributed by atoms with Crippen molar-refractivity contribution in [3.63, 3.8) is 0 Å². The second-order valence-corrected chi connectivity index (χ2v) is 2.46. The molecule has 0 aliphatic heterocycles. The van der Waals surface area contributed by atoms with Crippen molar-refractivity contribution in [2.75, 3.05) is 6.54 Å². The summed E-state index contributed by atoms with van der Waals surface area (Å²) in [5.41, 5.74) is 0. The van der Waals surface area contributed by atoms with Crippen LogP contribution in [0.1, 0.15) is 33.6 Å². The smallest absolute Gasteiger partial charge is 0.0511 e. The SMILES string of the molecule is CCCCNC(C)C.[2H]P. The molecule has 0 aliphatic carbocycles. The third-order valence-corrected chi connectivity index (χ3v) is 1.08. The lowest BCUT2D eigenvalue weighted by atomic mass is 10.3. The molecule has 58 valence electrons. The molecule has 1 unspecified atom stereocenters. The summed E-state index contributed by atoms with van der Waals surface area (Å²) in [6.45, 7) is 7.74. The molecule has 0 heterocycles. The van der Waals surface area contributed by atoms with Gasteiger partial charge in [0.1, 0.15) is 0 Å². The Bertz CT molecular complexity index is 50.9. The zero-order valence-electron chi connectivity index (χ0n) is 7.78. The molecule has 0 aromatic rings. The van der Waals surface area contributed by atoms with Gasteiger partial charge in [-0.25, -0.2) is 0 Å². The Hall–Kier alpha value is 0.390. The first-order valence-corrected chi connectivity index (χ1v) is 3.50. The zero-order valence-corrected chi connectivity index (χ0v) is 7.93. The third kappa shape index (κ3) is 11.8. The lowest BCUT2D eigenvalue weighted by Gasteiger charge is -2.05. The van der Waals surface area contributed by atoms with Crippen LogP contribution in [0.15, 0.2) is 0 Å². The Kier molecular flexibility index (Phi) is 8.75. The van der Waals surface area contributed by atoms with E-state index < -0.39 is 0 Å². The minimum Gasteiger partial charge on any atom is -0.315 e. The van der Waals surface area contributed by atoms with Crippen molar-refractivity contribution in [2.45, 2.75) is 39.7 Å². The van der Waals surface area contributed by atoms with Crippen LogP contribution in [0, 0.1) is 0 Å². The topological polar surface area (TPSA) is 12.0 Å². The Labute approximate surface area is 63.5 Å². The molecule has 0 saturated heterocycles. The Morgan fingerprint density at radius 1 is 1.56 bits per heavy atom. The van der Waals surface area contributed by atoms with Crippen LogP contribution in [-0.4, -0.2) is 13.9 Å². The van der Waals surface area contributed by atoms with Crippen molar-refractivity contribution in [1.29, 1.82) is 1.28 Å². The van der Waals surface area contributed by atoms with Gasteiger partial charge in [0.2, 0.25) is 0 Å². The molecule has 1 atom stereocenters. The molecule has 0 rings (SSSR count). The minimum atomic E-state index is 0.654. The van der Waals surface area contributed by atoms with Crippen LogP contribution in [0.5, 0.6) is 0 Å². The molecule has 9 heavy (non-hydrogen) atoms. The lowest BCUT2D eigenvalue weighted by molar-refractivity contribution is 0.566. The fourth-order valence-corrected chi connectivity index (χ4v) is 0.568. The number of nitrogens with one attached hydrogen (secondary N) is 1. The Morgan fingerprint density at radius 2 is 2.11 bits per heavy atom. The fourth-order valence-electron chi connectivity index (χ4n) is 0.568. The van der Waals surface area contributed by atoms with Crippen molar-refractivity contribution < 1.29 is 0 Å². The summed E-state index contributed by atoms with van der Waals surface area (Å²) in [6, 6.07) is 0.654. The molecule has 2 heteroatoms. The molecule has 1 nitrogen and oxygen atoms in total. The van der Waals surface area contributed by atoms with Crippen LogP contribution in [0.25, 0.3) is 0 Å². The summed E-state index contributed by atoms with van der Waals surface area (Å²) in [4.78, 5) is 0. The van der Waals surface area contributed by atoms with E-state index in [4.69, 9.17) is 1.28 Å². The van der Waals surface area contributed by atoms with Crippen LogP contribution in [0.2, 0.25) is 0 Å². The molecule has 0 bridgehead atoms. The molecular weight excluding hydrogens is 129 g/mol. The highest BCUT2D eigenvalue weighted by molar-refractivity contribution is 6.92. The predicted octanol–water partition coefficient (Wildman–Crippen LogP) is 1.84. The number of hydrogen-bond acceptors (Lipinski definition) is 1. The maximum atomic E-state index is 5.67. The molecule has 0 saturated carbocycles. The quantitative estimate of drug-likeness (QED) is 0.476. The summed E-state index contributed by atoms with van der Waals surface area (Å²) in [5, 5.41) is 3.35. The second-order valence-electron chi connectivity index (χ2n) is 2.46. The van der Waals surface area contributed by atoms with E-state index in [0.717, 1.165) is 0 Å². The summed E-state index contributed by atoms with van der Waals surface area (Å²) < 4.78 is 5.67. The number of hydrogen-bond donors (Lipinski definition) is 1. The predicted molar refractivity (Wildman–Crippen MR) is 49.2 cm³/mol. The standard InChI is InChI=1S/C7H17N.H3P/c1-4-5-6-8-7(2)3;/h7-8H,4-6H2,1-3H3;1H3/i;1D. The van der Waals surface area contributed by atoms with E-state index in [0.29, 0.717) is 6.04 Å². The lowest BCUT2D eigenvalue weighted by Crippen LogP contribution is -2.23. The van der Waals surface area contributed by atoms with Gasteiger partial charge >= 0.3 is 0 Å². The highest BCUT2D eigenvalue weighted by Crippen LogP contribution is 1.83. The highest BCUT2D eigenvalue weighted by atomic mass is 31.0. The normalized spacial score (nSPS) is 10.1. The molecule has 0 amide bonds. The van der Waals surface area contributed by atoms with E-state index in [1.54, 1.807) is 9.84 Å². The maximum absolute atomic E-state index is 5.67. The maximum Gasteiger partial charge on any atom is 0.0511 e. The molecule has 1 N–H and O–H groups in total. The second kappa shape index (κ2) is 8.39. The molecule has 0 aromatic heterocycles. The first-order valence-electron chi connectivity index (χ1n) is 4.08. The average Bonchev–Trinajstić information content (AvgIpc) is 1.92. The molecule has 0 aliphatic rings. The number of unbranched alkanes of at least 4 members (excludes halogenated alkanes) is 1. The van der Waals surface area contributed by atoms with Gasteiger partial charge in [0.25, 0.3) is 0 Å². The molecule has 0 aromatic carbocycles. The summed E-state index contributed by atoms with van der Waals surface area (Å²) >= 11 is 0. The van der Waals surface area contributed by atoms with Crippen molar-refractivity contribution in [3.05, 3.63) is 0 Å². The fraction of sp³-hybridized carbons (Fsp3) is 1.00. The van der Waals surface area contributed by atoms with Crippen LogP contribution >= 0.6 is 9.84 Å². The van der Waals surface area contributed by atoms with Gasteiger partial charge in [-0.2, -0.15) is 9.84 Å². The molecule has 0 fully saturated rings. The van der Waals surface area contributed by atoms with Crippen molar-refractivity contribution in [2.24, 2.45) is 0 Å². The third-order valence-electron chi connectivity index (χ3n) is 1.08. The zero-order chi connectivity index (χ0) is 8.41. The average molecular weight is 150 g/mol. The van der Waals surface area contributed by atoms with Crippen LogP contribution in [-0.2, 0) is 0 Å². The van der Waals surface area contributed by atoms with Crippen molar-refractivity contribution >= 4 is 9.84 Å². The molecule has 0 radical (unpaired) electrons. The van der Waals surface area contributed by atoms with E-state index in [1.165, 1.54) is 19.4 Å². The van der Waals surface area contributed by atoms with E-state index >= 15 is 0 Å². The molecule has 0 spiro atoms. The van der Waals surface area contributed by atoms with E-state index in [-0.39, 0.29) is 0 Å². The largest absolute Gasteiger partial charge is 0.315 e. The first kappa shape index (κ1) is 9.39. The Balaban J connectivity index is 0. The monoisotopic (exact) mass is 150 g/mol. The van der Waals surface area contributed by atoms with Crippen LogP contribution in [0.4, 0.5) is 0 Å². The van der Waals surface area contributed by atoms with E-state index in [9.17, 15) is 0 Å². The highest BCUT2D eigenvalue weighted by Gasteiger charge is 1.87. The van der Waals surface area contributed by atoms with Crippen molar-refractivity contribution in [3.8, 4) is 0 Å². The minimum absolute atomic E-state index is 0.654. The number of rotatable bonds is 4. The summed E-state index contributed by atoms with van der Waals surface area (Å²) in [6.07, 6.45) is 2.60. The van der Waals surface area contributed by atoms with Gasteiger partial charge in [-0.05, 0) is 13.0 Å². The van der Waals surface area contributed by atoms with Crippen molar-refractivity contribution in [1.82, 2.24) is 5.32 Å². The first-order chi connectivity index (χ1) is 4.77. The van der Waals surface area contributed by atoms with Gasteiger partial charge in [0.15, 0.2) is 0 Å². The van der Waals surface area contributed by atoms with E-state index in [1.807, 2.05) is 0 Å². The van der Waals surface area contributed by atoms with Gasteiger partial charge in [0, 0.05) is 6.04 Å². The van der Waals surface area contributed by atoms with Crippen LogP contribution < -0.4 is 5.32 Å². The van der Waals surface area contributed by atoms with Gasteiger partial charge in [-0.15, -0.1) is 0 Å². The van der Waals surface area contributed by atoms with E-state index in [2.05, 4.69) is 26.1 Å². The van der Waals surface area contributed by atoms with Gasteiger partial charge < -0.3 is 5.32 Å². The molecular formula is C7H20NP. The summed E-state index contributed by atoms with van der Waals surface area (Å²) in [7, 11) is 1.67. The Morgan fingerprint density at radius 3 is 2.44 bits per heavy atom.